The summed E-state index contributed by atoms with van der Waals surface area (Å²) in [5, 5.41) is 28.9. The van der Waals surface area contributed by atoms with Gasteiger partial charge in [0.1, 0.15) is 18.0 Å². The molecule has 0 aromatic heterocycles. The summed E-state index contributed by atoms with van der Waals surface area (Å²) >= 11 is 0. The molecule has 7 atom stereocenters. The van der Waals surface area contributed by atoms with Crippen molar-refractivity contribution in [3.63, 3.8) is 0 Å². The molecule has 0 amide bonds. The van der Waals surface area contributed by atoms with Crippen LogP contribution in [0.4, 0.5) is 8.78 Å². The molecular weight excluding hydrogens is 372 g/mol. The summed E-state index contributed by atoms with van der Waals surface area (Å²) in [6.45, 7) is 1.26. The number of nitrogens with zero attached hydrogens (tertiary/aromatic N) is 1. The number of guanidine groups is 1. The number of hydrogen-bond acceptors (Lipinski definition) is 8. The third-order valence-corrected chi connectivity index (χ3v) is 4.12. The molecule has 0 saturated carbocycles. The first kappa shape index (κ1) is 23.1. The molecule has 0 spiro atoms. The summed E-state index contributed by atoms with van der Waals surface area (Å²) in [7, 11) is 0. The number of aliphatic hydroxyl groups is 3. The predicted octanol–water partition coefficient (Wildman–Crippen LogP) is -2.10. The molecule has 1 aliphatic heterocycles. The minimum absolute atomic E-state index is 0.295. The summed E-state index contributed by atoms with van der Waals surface area (Å²) in [6, 6.07) is -1.80. The van der Waals surface area contributed by atoms with E-state index in [1.54, 1.807) is 0 Å². The average molecular weight is 397 g/mol. The van der Waals surface area contributed by atoms with Crippen LogP contribution in [0, 0.1) is 5.92 Å². The van der Waals surface area contributed by atoms with Crippen LogP contribution in [0.3, 0.4) is 0 Å². The van der Waals surface area contributed by atoms with Crippen molar-refractivity contribution in [3.05, 3.63) is 0 Å². The third kappa shape index (κ3) is 5.09. The number of ketones is 1. The van der Waals surface area contributed by atoms with Crippen LogP contribution >= 0.6 is 0 Å². The highest BCUT2D eigenvalue weighted by Gasteiger charge is 2.63. The van der Waals surface area contributed by atoms with Crippen molar-refractivity contribution in [2.45, 2.75) is 56.6 Å². The summed E-state index contributed by atoms with van der Waals surface area (Å²) in [5.74, 6) is -7.90. The van der Waals surface area contributed by atoms with Crippen molar-refractivity contribution in [2.75, 3.05) is 13.2 Å². The number of esters is 1. The molecular formula is C15H25F2N3O7. The SMILES string of the molecule is CCOC(=O)[C@]1(F)OC([C@H](O)[C@H](O)CO)[C@H](CC(C)=O)[C@H](N=C(N)N)C1F. The van der Waals surface area contributed by atoms with Gasteiger partial charge in [-0.25, -0.2) is 14.2 Å². The molecule has 7 N–H and O–H groups in total. The van der Waals surface area contributed by atoms with Gasteiger partial charge >= 0.3 is 11.8 Å². The monoisotopic (exact) mass is 397 g/mol. The number of ether oxygens (including phenoxy) is 2. The second-order valence-electron chi connectivity index (χ2n) is 6.20. The van der Waals surface area contributed by atoms with E-state index in [0.29, 0.717) is 0 Å². The predicted molar refractivity (Wildman–Crippen MR) is 87.7 cm³/mol. The standard InChI is InChI=1S/C15H25F2N3O7/c1-3-26-13(25)15(17)12(16)9(20-14(18)19)7(4-6(2)22)11(27-15)10(24)8(23)5-21/h7-12,21,23-24H,3-5H2,1-2H3,(H4,18,19,20)/t7-,8-,9+,10-,11?,12?,15-/m1/s1. The molecule has 12 heteroatoms. The molecule has 2 unspecified atom stereocenters. The minimum Gasteiger partial charge on any atom is -0.462 e. The number of aliphatic imine (C=N–C) groups is 1. The van der Waals surface area contributed by atoms with Crippen LogP contribution in [0.1, 0.15) is 20.3 Å². The van der Waals surface area contributed by atoms with E-state index in [2.05, 4.69) is 9.73 Å². The van der Waals surface area contributed by atoms with Crippen molar-refractivity contribution in [3.8, 4) is 0 Å². The number of carbonyl (C=O) groups excluding carboxylic acids is 2. The second-order valence-corrected chi connectivity index (χ2v) is 6.20. The van der Waals surface area contributed by atoms with Gasteiger partial charge in [-0.1, -0.05) is 0 Å². The van der Waals surface area contributed by atoms with Gasteiger partial charge in [0.2, 0.25) is 0 Å². The molecule has 10 nitrogen and oxygen atoms in total. The van der Waals surface area contributed by atoms with Crippen LogP contribution in [0.15, 0.2) is 4.99 Å². The van der Waals surface area contributed by atoms with Gasteiger partial charge in [0.25, 0.3) is 0 Å². The normalized spacial score (nSPS) is 33.0. The highest BCUT2D eigenvalue weighted by atomic mass is 19.2. The Morgan fingerprint density at radius 1 is 1.37 bits per heavy atom. The molecule has 0 bridgehead atoms. The van der Waals surface area contributed by atoms with E-state index in [0.717, 1.165) is 6.92 Å². The van der Waals surface area contributed by atoms with Crippen LogP contribution in [0.5, 0.6) is 0 Å². The minimum atomic E-state index is -3.70. The Hall–Kier alpha value is -1.89. The molecule has 1 saturated heterocycles. The zero-order valence-corrected chi connectivity index (χ0v) is 14.9. The van der Waals surface area contributed by atoms with E-state index in [9.17, 15) is 24.2 Å². The van der Waals surface area contributed by atoms with E-state index in [1.807, 2.05) is 0 Å². The lowest BCUT2D eigenvalue weighted by molar-refractivity contribution is -0.286. The van der Waals surface area contributed by atoms with Gasteiger partial charge in [0.15, 0.2) is 12.1 Å². The van der Waals surface area contributed by atoms with Crippen LogP contribution in [-0.2, 0) is 19.1 Å². The fourth-order valence-electron chi connectivity index (χ4n) is 2.92. The smallest absolute Gasteiger partial charge is 0.375 e. The van der Waals surface area contributed by atoms with Crippen LogP contribution < -0.4 is 11.5 Å². The Balaban J connectivity index is 3.47. The summed E-state index contributed by atoms with van der Waals surface area (Å²) < 4.78 is 39.5. The largest absolute Gasteiger partial charge is 0.462 e. The molecule has 0 aromatic carbocycles. The summed E-state index contributed by atoms with van der Waals surface area (Å²) in [5.41, 5.74) is 10.5. The highest BCUT2D eigenvalue weighted by molar-refractivity contribution is 5.80. The van der Waals surface area contributed by atoms with Crippen LogP contribution in [-0.4, -0.2) is 82.6 Å². The Kier molecular flexibility index (Phi) is 8.02. The Labute approximate surface area is 154 Å². The fourth-order valence-corrected chi connectivity index (χ4v) is 2.92. The van der Waals surface area contributed by atoms with Gasteiger partial charge in [0, 0.05) is 12.3 Å². The number of rotatable bonds is 8. The van der Waals surface area contributed by atoms with Crippen molar-refractivity contribution < 1.29 is 43.2 Å². The van der Waals surface area contributed by atoms with E-state index in [4.69, 9.17) is 21.3 Å². The number of halogens is 2. The third-order valence-electron chi connectivity index (χ3n) is 4.12. The molecule has 0 radical (unpaired) electrons. The maximum Gasteiger partial charge on any atom is 0.375 e. The number of nitrogens with two attached hydrogens (primary N) is 2. The molecule has 156 valence electrons. The first-order valence-electron chi connectivity index (χ1n) is 8.22. The molecule has 0 aromatic rings. The van der Waals surface area contributed by atoms with E-state index in [1.165, 1.54) is 6.92 Å². The second kappa shape index (κ2) is 9.35. The van der Waals surface area contributed by atoms with E-state index >= 15 is 4.39 Å². The quantitative estimate of drug-likeness (QED) is 0.174. The number of Topliss-reactive ketones (excluding diaryl/α,β-unsaturated/α-hetero) is 1. The van der Waals surface area contributed by atoms with Crippen molar-refractivity contribution >= 4 is 17.7 Å². The van der Waals surface area contributed by atoms with Gasteiger partial charge in [-0.15, -0.1) is 0 Å². The van der Waals surface area contributed by atoms with Gasteiger partial charge in [-0.05, 0) is 13.8 Å². The van der Waals surface area contributed by atoms with Gasteiger partial charge in [-0.3, -0.25) is 0 Å². The zero-order chi connectivity index (χ0) is 20.9. The lowest BCUT2D eigenvalue weighted by Crippen LogP contribution is -2.65. The Bertz CT molecular complexity index is 576. The van der Waals surface area contributed by atoms with Crippen LogP contribution in [0.25, 0.3) is 0 Å². The average Bonchev–Trinajstić information content (AvgIpc) is 2.59. The lowest BCUT2D eigenvalue weighted by atomic mass is 9.78. The summed E-state index contributed by atoms with van der Waals surface area (Å²) in [6.07, 6.45) is -8.83. The maximum atomic E-state index is 15.2. The lowest BCUT2D eigenvalue weighted by Gasteiger charge is -2.46. The molecule has 1 heterocycles. The topological polar surface area (TPSA) is 178 Å². The Morgan fingerprint density at radius 3 is 2.41 bits per heavy atom. The fraction of sp³-hybridized carbons (Fsp3) is 0.800. The first-order valence-corrected chi connectivity index (χ1v) is 8.22. The zero-order valence-electron chi connectivity index (χ0n) is 14.9. The van der Waals surface area contributed by atoms with Crippen molar-refractivity contribution in [1.29, 1.82) is 0 Å². The van der Waals surface area contributed by atoms with Gasteiger partial charge in [0.05, 0.1) is 25.4 Å². The molecule has 1 aliphatic rings. The Morgan fingerprint density at radius 2 is 1.96 bits per heavy atom. The van der Waals surface area contributed by atoms with Crippen LogP contribution in [0.2, 0.25) is 0 Å². The van der Waals surface area contributed by atoms with Gasteiger partial charge < -0.3 is 41.1 Å². The number of hydrogen-bond donors (Lipinski definition) is 5. The number of aliphatic hydroxyl groups excluding tert-OH is 3. The first-order chi connectivity index (χ1) is 12.5. The van der Waals surface area contributed by atoms with E-state index < -0.39 is 73.0 Å². The maximum absolute atomic E-state index is 15.2. The number of alkyl halides is 2. The van der Waals surface area contributed by atoms with Crippen molar-refractivity contribution in [2.24, 2.45) is 22.4 Å². The molecule has 1 rings (SSSR count). The van der Waals surface area contributed by atoms with Gasteiger partial charge in [-0.2, -0.15) is 4.39 Å². The van der Waals surface area contributed by atoms with Crippen molar-refractivity contribution in [1.82, 2.24) is 0 Å². The van der Waals surface area contributed by atoms with E-state index in [-0.39, 0.29) is 6.61 Å². The molecule has 1 fully saturated rings. The molecule has 27 heavy (non-hydrogen) atoms. The number of carbonyl (C=O) groups is 2. The molecule has 0 aliphatic carbocycles. The highest BCUT2D eigenvalue weighted by Crippen LogP contribution is 2.42. The summed E-state index contributed by atoms with van der Waals surface area (Å²) in [4.78, 5) is 27.1.